The number of carbonyl (C=O) groups excluding carboxylic acids is 3. The number of nitrogens with zero attached hydrogens (tertiary/aromatic N) is 1. The molecule has 0 bridgehead atoms. The second kappa shape index (κ2) is 4.45. The summed E-state index contributed by atoms with van der Waals surface area (Å²) in [6, 6.07) is -0.804. The Morgan fingerprint density at radius 1 is 1.56 bits per heavy atom. The Labute approximate surface area is 97.9 Å². The van der Waals surface area contributed by atoms with Crippen molar-refractivity contribution >= 4 is 28.7 Å². The molecule has 2 aliphatic rings. The molecule has 0 aliphatic carbocycles. The third kappa shape index (κ3) is 2.07. The first-order valence-corrected chi connectivity index (χ1v) is 6.32. The number of rotatable bonds is 2. The van der Waals surface area contributed by atoms with Gasteiger partial charge in [0.25, 0.3) is 0 Å². The van der Waals surface area contributed by atoms with Crippen LogP contribution < -0.4 is 5.32 Å². The Balaban J connectivity index is 2.02. The molecule has 0 aromatic heterocycles. The van der Waals surface area contributed by atoms with E-state index in [1.807, 2.05) is 0 Å². The Kier molecular flexibility index (Phi) is 3.18. The fourth-order valence-corrected chi connectivity index (χ4v) is 2.77. The normalized spacial score (nSPS) is 28.9. The van der Waals surface area contributed by atoms with Crippen LogP contribution in [0.25, 0.3) is 0 Å². The average Bonchev–Trinajstić information content (AvgIpc) is 2.70. The van der Waals surface area contributed by atoms with Crippen LogP contribution in [-0.2, 0) is 14.4 Å². The van der Waals surface area contributed by atoms with Gasteiger partial charge < -0.3 is 10.2 Å². The van der Waals surface area contributed by atoms with E-state index in [0.29, 0.717) is 12.3 Å². The maximum atomic E-state index is 12.0. The van der Waals surface area contributed by atoms with Crippen LogP contribution >= 0.6 is 11.8 Å². The van der Waals surface area contributed by atoms with Gasteiger partial charge in [-0.15, -0.1) is 0 Å². The first-order valence-electron chi connectivity index (χ1n) is 5.34. The molecule has 2 unspecified atom stereocenters. The van der Waals surface area contributed by atoms with Crippen LogP contribution in [-0.4, -0.2) is 46.2 Å². The highest BCUT2D eigenvalue weighted by molar-refractivity contribution is 8.13. The van der Waals surface area contributed by atoms with Gasteiger partial charge in [0.1, 0.15) is 12.1 Å². The summed E-state index contributed by atoms with van der Waals surface area (Å²) in [5.41, 5.74) is 0. The van der Waals surface area contributed by atoms with E-state index in [1.54, 1.807) is 4.90 Å². The topological polar surface area (TPSA) is 66.5 Å². The quantitative estimate of drug-likeness (QED) is 0.725. The van der Waals surface area contributed by atoms with Crippen molar-refractivity contribution in [1.82, 2.24) is 10.2 Å². The number of nitrogens with one attached hydrogen (secondary N) is 1. The lowest BCUT2D eigenvalue weighted by atomic mass is 10.1. The lowest BCUT2D eigenvalue weighted by Gasteiger charge is -2.34. The molecule has 88 valence electrons. The summed E-state index contributed by atoms with van der Waals surface area (Å²) in [7, 11) is 0. The van der Waals surface area contributed by atoms with Crippen molar-refractivity contribution in [3.63, 3.8) is 0 Å². The molecule has 2 atom stereocenters. The van der Waals surface area contributed by atoms with Gasteiger partial charge in [0.15, 0.2) is 5.12 Å². The molecule has 0 spiro atoms. The molecule has 0 aromatic rings. The molecule has 0 saturated carbocycles. The van der Waals surface area contributed by atoms with Crippen molar-refractivity contribution < 1.29 is 14.4 Å². The standard InChI is InChI=1S/C10H14N2O3S/c1-6(13)16-5-7-10(15)12-4-2-3-8(12)9(14)11-7/h7-8H,2-5H2,1H3,(H,11,14). The number of thioether (sulfide) groups is 1. The molecule has 2 amide bonds. The van der Waals surface area contributed by atoms with Crippen molar-refractivity contribution in [2.24, 2.45) is 0 Å². The first-order chi connectivity index (χ1) is 7.59. The van der Waals surface area contributed by atoms with Crippen LogP contribution in [0.4, 0.5) is 0 Å². The molecule has 0 aromatic carbocycles. The summed E-state index contributed by atoms with van der Waals surface area (Å²) in [4.78, 5) is 36.1. The molecule has 2 heterocycles. The molecule has 2 saturated heterocycles. The summed E-state index contributed by atoms with van der Waals surface area (Å²) in [6.07, 6.45) is 1.64. The van der Waals surface area contributed by atoms with Crippen LogP contribution in [0.15, 0.2) is 0 Å². The zero-order chi connectivity index (χ0) is 11.7. The predicted octanol–water partition coefficient (Wildman–Crippen LogP) is -0.245. The minimum atomic E-state index is -0.532. The summed E-state index contributed by atoms with van der Waals surface area (Å²) in [5.74, 6) is 0.213. The van der Waals surface area contributed by atoms with Gasteiger partial charge in [-0.05, 0) is 12.8 Å². The van der Waals surface area contributed by atoms with E-state index in [0.717, 1.165) is 24.6 Å². The molecule has 5 nitrogen and oxygen atoms in total. The number of fused-ring (bicyclic) bond motifs is 1. The highest BCUT2D eigenvalue weighted by Crippen LogP contribution is 2.23. The summed E-state index contributed by atoms with van der Waals surface area (Å²) in [6.45, 7) is 2.12. The second-order valence-electron chi connectivity index (χ2n) is 4.05. The second-order valence-corrected chi connectivity index (χ2v) is 5.25. The van der Waals surface area contributed by atoms with Gasteiger partial charge in [0.2, 0.25) is 11.8 Å². The number of carbonyl (C=O) groups is 3. The Morgan fingerprint density at radius 3 is 3.00 bits per heavy atom. The van der Waals surface area contributed by atoms with Crippen LogP contribution in [0.1, 0.15) is 19.8 Å². The molecule has 1 N–H and O–H groups in total. The number of hydrogen-bond acceptors (Lipinski definition) is 4. The van der Waals surface area contributed by atoms with Crippen molar-refractivity contribution in [1.29, 1.82) is 0 Å². The monoisotopic (exact) mass is 242 g/mol. The van der Waals surface area contributed by atoms with Crippen LogP contribution in [0.3, 0.4) is 0 Å². The number of hydrogen-bond donors (Lipinski definition) is 1. The third-order valence-corrected chi connectivity index (χ3v) is 3.81. The lowest BCUT2D eigenvalue weighted by molar-refractivity contribution is -0.146. The highest BCUT2D eigenvalue weighted by Gasteiger charge is 2.42. The van der Waals surface area contributed by atoms with Crippen molar-refractivity contribution in [2.75, 3.05) is 12.3 Å². The van der Waals surface area contributed by atoms with Gasteiger partial charge in [0.05, 0.1) is 0 Å². The van der Waals surface area contributed by atoms with E-state index in [1.165, 1.54) is 6.92 Å². The predicted molar refractivity (Wildman–Crippen MR) is 59.8 cm³/mol. The van der Waals surface area contributed by atoms with E-state index >= 15 is 0 Å². The Bertz CT molecular complexity index is 345. The largest absolute Gasteiger partial charge is 0.342 e. The Morgan fingerprint density at radius 2 is 2.31 bits per heavy atom. The van der Waals surface area contributed by atoms with E-state index in [4.69, 9.17) is 0 Å². The van der Waals surface area contributed by atoms with Gasteiger partial charge in [-0.2, -0.15) is 0 Å². The smallest absolute Gasteiger partial charge is 0.246 e. The summed E-state index contributed by atoms with van der Waals surface area (Å²) >= 11 is 1.08. The van der Waals surface area contributed by atoms with E-state index < -0.39 is 6.04 Å². The van der Waals surface area contributed by atoms with Gasteiger partial charge in [-0.3, -0.25) is 14.4 Å². The van der Waals surface area contributed by atoms with Crippen molar-refractivity contribution in [3.8, 4) is 0 Å². The molecule has 2 rings (SSSR count). The van der Waals surface area contributed by atoms with E-state index in [2.05, 4.69) is 5.32 Å². The highest BCUT2D eigenvalue weighted by atomic mass is 32.2. The number of piperazine rings is 1. The zero-order valence-electron chi connectivity index (χ0n) is 9.06. The SMILES string of the molecule is CC(=O)SCC1NC(=O)C2CCCN2C1=O. The van der Waals surface area contributed by atoms with E-state index in [9.17, 15) is 14.4 Å². The fraction of sp³-hybridized carbons (Fsp3) is 0.700. The molecule has 0 radical (unpaired) electrons. The van der Waals surface area contributed by atoms with Crippen molar-refractivity contribution in [2.45, 2.75) is 31.8 Å². The van der Waals surface area contributed by atoms with Crippen LogP contribution in [0.5, 0.6) is 0 Å². The zero-order valence-corrected chi connectivity index (χ0v) is 9.88. The van der Waals surface area contributed by atoms with Crippen LogP contribution in [0, 0.1) is 0 Å². The minimum absolute atomic E-state index is 0.0365. The maximum Gasteiger partial charge on any atom is 0.246 e. The molecular weight excluding hydrogens is 228 g/mol. The lowest BCUT2D eigenvalue weighted by Crippen LogP contribution is -2.61. The number of amides is 2. The van der Waals surface area contributed by atoms with Gasteiger partial charge in [-0.1, -0.05) is 11.8 Å². The first kappa shape index (κ1) is 11.4. The minimum Gasteiger partial charge on any atom is -0.342 e. The van der Waals surface area contributed by atoms with Gasteiger partial charge in [0, 0.05) is 19.2 Å². The van der Waals surface area contributed by atoms with Crippen molar-refractivity contribution in [3.05, 3.63) is 0 Å². The van der Waals surface area contributed by atoms with Gasteiger partial charge in [-0.25, -0.2) is 0 Å². The van der Waals surface area contributed by atoms with Gasteiger partial charge >= 0.3 is 0 Å². The average molecular weight is 242 g/mol. The molecule has 16 heavy (non-hydrogen) atoms. The molecule has 6 heteroatoms. The maximum absolute atomic E-state index is 12.0. The summed E-state index contributed by atoms with van der Waals surface area (Å²) < 4.78 is 0. The van der Waals surface area contributed by atoms with Crippen LogP contribution in [0.2, 0.25) is 0 Å². The Hall–Kier alpha value is -1.04. The molecule has 2 fully saturated rings. The summed E-state index contributed by atoms with van der Waals surface area (Å²) in [5, 5.41) is 2.65. The fourth-order valence-electron chi connectivity index (χ4n) is 2.15. The third-order valence-electron chi connectivity index (χ3n) is 2.91. The molecule has 2 aliphatic heterocycles. The van der Waals surface area contributed by atoms with E-state index in [-0.39, 0.29) is 23.0 Å². The molecular formula is C10H14N2O3S.